The summed E-state index contributed by atoms with van der Waals surface area (Å²) < 4.78 is 0. The lowest BCUT2D eigenvalue weighted by Gasteiger charge is -2.47. The molecule has 1 aromatic carbocycles. The van der Waals surface area contributed by atoms with Crippen LogP contribution in [0.1, 0.15) is 57.4 Å². The molecule has 2 rings (SSSR count). The first kappa shape index (κ1) is 13.9. The monoisotopic (exact) mass is 265 g/mol. The van der Waals surface area contributed by atoms with Crippen molar-refractivity contribution in [3.05, 3.63) is 34.9 Å². The van der Waals surface area contributed by atoms with Crippen molar-refractivity contribution in [2.24, 2.45) is 5.73 Å². The predicted octanol–water partition coefficient (Wildman–Crippen LogP) is 4.67. The van der Waals surface area contributed by atoms with Gasteiger partial charge in [-0.15, -0.1) is 0 Å². The van der Waals surface area contributed by atoms with Crippen LogP contribution in [0, 0.1) is 0 Å². The molecular formula is C16H24ClN. The number of halogens is 1. The summed E-state index contributed by atoms with van der Waals surface area (Å²) in [6.07, 6.45) is 8.75. The predicted molar refractivity (Wildman–Crippen MR) is 79.1 cm³/mol. The van der Waals surface area contributed by atoms with Crippen molar-refractivity contribution in [3.63, 3.8) is 0 Å². The van der Waals surface area contributed by atoms with E-state index in [1.165, 1.54) is 44.1 Å². The summed E-state index contributed by atoms with van der Waals surface area (Å²) in [5.74, 6) is 0. The van der Waals surface area contributed by atoms with Gasteiger partial charge in [0.15, 0.2) is 0 Å². The average molecular weight is 266 g/mol. The van der Waals surface area contributed by atoms with E-state index in [0.717, 1.165) is 11.4 Å². The van der Waals surface area contributed by atoms with E-state index < -0.39 is 0 Å². The number of hydrogen-bond acceptors (Lipinski definition) is 1. The molecule has 100 valence electrons. The van der Waals surface area contributed by atoms with E-state index in [4.69, 9.17) is 17.3 Å². The smallest absolute Gasteiger partial charge is 0.0406 e. The summed E-state index contributed by atoms with van der Waals surface area (Å²) in [6, 6.07) is 8.63. The van der Waals surface area contributed by atoms with Gasteiger partial charge in [-0.3, -0.25) is 0 Å². The number of rotatable bonds is 6. The lowest BCUT2D eigenvalue weighted by atomic mass is 9.59. The highest BCUT2D eigenvalue weighted by atomic mass is 35.5. The van der Waals surface area contributed by atoms with Crippen molar-refractivity contribution >= 4 is 11.6 Å². The Morgan fingerprint density at radius 3 is 2.39 bits per heavy atom. The maximum atomic E-state index is 6.49. The van der Waals surface area contributed by atoms with Crippen molar-refractivity contribution in [2.45, 2.75) is 63.3 Å². The minimum Gasteiger partial charge on any atom is -0.327 e. The van der Waals surface area contributed by atoms with E-state index >= 15 is 0 Å². The van der Waals surface area contributed by atoms with Crippen LogP contribution >= 0.6 is 11.6 Å². The Kier molecular flexibility index (Phi) is 4.69. The number of nitrogens with two attached hydrogens (primary N) is 1. The van der Waals surface area contributed by atoms with Crippen LogP contribution in [0.2, 0.25) is 5.02 Å². The second-order valence-corrected chi connectivity index (χ2v) is 6.06. The molecule has 1 aliphatic carbocycles. The van der Waals surface area contributed by atoms with Gasteiger partial charge in [-0.2, -0.15) is 0 Å². The molecule has 1 aromatic rings. The molecule has 1 nitrogen and oxygen atoms in total. The van der Waals surface area contributed by atoms with Gasteiger partial charge in [0, 0.05) is 16.5 Å². The van der Waals surface area contributed by atoms with E-state index in [9.17, 15) is 0 Å². The molecule has 0 spiro atoms. The van der Waals surface area contributed by atoms with E-state index in [1.807, 2.05) is 12.1 Å². The maximum absolute atomic E-state index is 6.49. The molecule has 0 saturated heterocycles. The third kappa shape index (κ3) is 2.73. The van der Waals surface area contributed by atoms with Crippen LogP contribution in [-0.2, 0) is 5.41 Å². The molecule has 0 aromatic heterocycles. The van der Waals surface area contributed by atoms with Gasteiger partial charge in [0.25, 0.3) is 0 Å². The van der Waals surface area contributed by atoms with Crippen molar-refractivity contribution in [1.82, 2.24) is 0 Å². The van der Waals surface area contributed by atoms with E-state index in [2.05, 4.69) is 19.1 Å². The zero-order chi connectivity index (χ0) is 13.0. The first-order valence-electron chi connectivity index (χ1n) is 7.20. The Hall–Kier alpha value is -0.530. The van der Waals surface area contributed by atoms with Gasteiger partial charge in [0.1, 0.15) is 0 Å². The second kappa shape index (κ2) is 6.08. The number of unbranched alkanes of at least 4 members (excludes halogenated alkanes) is 2. The fraction of sp³-hybridized carbons (Fsp3) is 0.625. The van der Waals surface area contributed by atoms with Crippen LogP contribution in [-0.4, -0.2) is 6.04 Å². The summed E-state index contributed by atoms with van der Waals surface area (Å²) in [5.41, 5.74) is 8.12. The third-order valence-electron chi connectivity index (χ3n) is 4.49. The summed E-state index contributed by atoms with van der Waals surface area (Å²) in [5, 5.41) is 0.813. The van der Waals surface area contributed by atoms with E-state index in [0.29, 0.717) is 6.04 Å². The fourth-order valence-corrected chi connectivity index (χ4v) is 3.23. The fourth-order valence-electron chi connectivity index (χ4n) is 3.10. The molecule has 18 heavy (non-hydrogen) atoms. The second-order valence-electron chi connectivity index (χ2n) is 5.62. The highest BCUT2D eigenvalue weighted by Gasteiger charge is 2.43. The van der Waals surface area contributed by atoms with Crippen molar-refractivity contribution in [1.29, 1.82) is 0 Å². The Labute approximate surface area is 116 Å². The van der Waals surface area contributed by atoms with Crippen molar-refractivity contribution in [3.8, 4) is 0 Å². The molecule has 1 saturated carbocycles. The van der Waals surface area contributed by atoms with Crippen molar-refractivity contribution < 1.29 is 0 Å². The number of benzene rings is 1. The minimum atomic E-state index is 0.234. The Balaban J connectivity index is 2.07. The lowest BCUT2D eigenvalue weighted by molar-refractivity contribution is 0.186. The summed E-state index contributed by atoms with van der Waals surface area (Å²) in [7, 11) is 0. The standard InChI is InChI=1S/C16H24ClN/c1-2-3-4-6-15(18)16(11-5-12-16)13-7-9-14(17)10-8-13/h7-10,15H,2-6,11-12,18H2,1H3. The number of hydrogen-bond donors (Lipinski definition) is 1. The summed E-state index contributed by atoms with van der Waals surface area (Å²) in [6.45, 7) is 2.24. The zero-order valence-electron chi connectivity index (χ0n) is 11.3. The summed E-state index contributed by atoms with van der Waals surface area (Å²) >= 11 is 5.97. The molecule has 1 atom stereocenters. The molecule has 0 radical (unpaired) electrons. The molecule has 2 heteroatoms. The van der Waals surface area contributed by atoms with Gasteiger partial charge < -0.3 is 5.73 Å². The first-order chi connectivity index (χ1) is 8.69. The first-order valence-corrected chi connectivity index (χ1v) is 7.58. The van der Waals surface area contributed by atoms with Crippen LogP contribution in [0.3, 0.4) is 0 Å². The molecule has 1 aliphatic rings. The van der Waals surface area contributed by atoms with Crippen LogP contribution in [0.5, 0.6) is 0 Å². The molecular weight excluding hydrogens is 242 g/mol. The van der Waals surface area contributed by atoms with Crippen molar-refractivity contribution in [2.75, 3.05) is 0 Å². The van der Waals surface area contributed by atoms with Gasteiger partial charge in [-0.25, -0.2) is 0 Å². The van der Waals surface area contributed by atoms with Gasteiger partial charge in [-0.05, 0) is 37.0 Å². The third-order valence-corrected chi connectivity index (χ3v) is 4.75. The van der Waals surface area contributed by atoms with E-state index in [1.54, 1.807) is 0 Å². The van der Waals surface area contributed by atoms with Crippen LogP contribution in [0.4, 0.5) is 0 Å². The average Bonchev–Trinajstić information content (AvgIpc) is 2.30. The molecule has 0 heterocycles. The Bertz CT molecular complexity index is 367. The molecule has 2 N–H and O–H groups in total. The topological polar surface area (TPSA) is 26.0 Å². The quantitative estimate of drug-likeness (QED) is 0.743. The van der Waals surface area contributed by atoms with Gasteiger partial charge in [-0.1, -0.05) is 56.3 Å². The maximum Gasteiger partial charge on any atom is 0.0406 e. The molecule has 0 amide bonds. The SMILES string of the molecule is CCCCCC(N)C1(c2ccc(Cl)cc2)CCC1. The molecule has 1 unspecified atom stereocenters. The van der Waals surface area contributed by atoms with Crippen LogP contribution < -0.4 is 5.73 Å². The largest absolute Gasteiger partial charge is 0.327 e. The minimum absolute atomic E-state index is 0.234. The highest BCUT2D eigenvalue weighted by Crippen LogP contribution is 2.47. The highest BCUT2D eigenvalue weighted by molar-refractivity contribution is 6.30. The van der Waals surface area contributed by atoms with Gasteiger partial charge in [0.2, 0.25) is 0 Å². The zero-order valence-corrected chi connectivity index (χ0v) is 12.0. The van der Waals surface area contributed by atoms with Crippen LogP contribution in [0.15, 0.2) is 24.3 Å². The van der Waals surface area contributed by atoms with Crippen LogP contribution in [0.25, 0.3) is 0 Å². The Morgan fingerprint density at radius 1 is 1.22 bits per heavy atom. The van der Waals surface area contributed by atoms with Gasteiger partial charge >= 0.3 is 0 Å². The lowest BCUT2D eigenvalue weighted by Crippen LogP contribution is -2.50. The molecule has 0 bridgehead atoms. The van der Waals surface area contributed by atoms with Gasteiger partial charge in [0.05, 0.1) is 0 Å². The molecule has 0 aliphatic heterocycles. The Morgan fingerprint density at radius 2 is 1.89 bits per heavy atom. The molecule has 1 fully saturated rings. The summed E-state index contributed by atoms with van der Waals surface area (Å²) in [4.78, 5) is 0. The van der Waals surface area contributed by atoms with E-state index in [-0.39, 0.29) is 5.41 Å². The normalized spacial score (nSPS) is 19.3.